The van der Waals surface area contributed by atoms with Crippen molar-refractivity contribution in [3.63, 3.8) is 0 Å². The first-order chi connectivity index (χ1) is 10.3. The first-order valence-corrected chi connectivity index (χ1v) is 5.62. The number of aliphatic carboxylic acids is 1. The minimum absolute atomic E-state index is 0.329. The van der Waals surface area contributed by atoms with Crippen molar-refractivity contribution in [3.05, 3.63) is 50.2 Å². The molecular weight excluding hydrogens is 296 g/mol. The molecule has 0 aliphatic rings. The van der Waals surface area contributed by atoms with Crippen LogP contribution in [0.1, 0.15) is 13.3 Å². The Morgan fingerprint density at radius 3 is 1.77 bits per heavy atom. The van der Waals surface area contributed by atoms with Crippen LogP contribution in [-0.2, 0) is 33.4 Å². The third-order valence-corrected chi connectivity index (χ3v) is 1.54. The van der Waals surface area contributed by atoms with Crippen molar-refractivity contribution in [1.29, 1.82) is 0 Å². The number of carbonyl (C=O) groups is 4. The molecule has 120 valence electrons. The molecule has 0 radical (unpaired) electrons. The van der Waals surface area contributed by atoms with Gasteiger partial charge in [0.25, 0.3) is 0 Å². The van der Waals surface area contributed by atoms with Crippen molar-refractivity contribution in [2.75, 3.05) is 0 Å². The van der Waals surface area contributed by atoms with Gasteiger partial charge in [-0.15, -0.1) is 0 Å². The predicted molar refractivity (Wildman–Crippen MR) is 74.9 cm³/mol. The van der Waals surface area contributed by atoms with Gasteiger partial charge in [-0.3, -0.25) is 9.59 Å². The van der Waals surface area contributed by atoms with Gasteiger partial charge >= 0.3 is 23.9 Å². The average molecular weight is 312 g/mol. The lowest BCUT2D eigenvalue weighted by Crippen LogP contribution is -2.11. The molecule has 0 aliphatic carbocycles. The lowest BCUT2D eigenvalue weighted by atomic mass is 10.2. The Bertz CT molecular complexity index is 487. The van der Waals surface area contributed by atoms with E-state index in [1.165, 1.54) is 6.92 Å². The molecule has 0 aromatic rings. The van der Waals surface area contributed by atoms with E-state index in [1.807, 2.05) is 0 Å². The Kier molecular flexibility index (Phi) is 12.4. The summed E-state index contributed by atoms with van der Waals surface area (Å²) < 4.78 is 12.8. The molecular formula is C14H16O8. The van der Waals surface area contributed by atoms with E-state index in [-0.39, 0.29) is 11.5 Å². The summed E-state index contributed by atoms with van der Waals surface area (Å²) in [6, 6.07) is 0. The Hall–Kier alpha value is -3.16. The summed E-state index contributed by atoms with van der Waals surface area (Å²) in [5, 5.41) is 8.50. The molecule has 0 aromatic heterocycles. The molecule has 0 saturated heterocycles. The fourth-order valence-electron chi connectivity index (χ4n) is 0.872. The van der Waals surface area contributed by atoms with E-state index in [0.717, 1.165) is 24.9 Å². The zero-order valence-corrected chi connectivity index (χ0v) is 11.9. The maximum absolute atomic E-state index is 11.2. The summed E-state index contributed by atoms with van der Waals surface area (Å²) >= 11 is 0. The zero-order chi connectivity index (χ0) is 17.5. The number of carboxylic acids is 1. The molecule has 22 heavy (non-hydrogen) atoms. The number of rotatable bonds is 7. The van der Waals surface area contributed by atoms with Crippen LogP contribution in [0.2, 0.25) is 0 Å². The van der Waals surface area contributed by atoms with Crippen molar-refractivity contribution in [2.24, 2.45) is 0 Å². The van der Waals surface area contributed by atoms with Crippen molar-refractivity contribution < 1.29 is 38.5 Å². The SMILES string of the molecule is C=COC(=O)/C=C(/CC(=O)O)C(=O)OC=C.C=COC(C)=O. The Morgan fingerprint density at radius 2 is 1.45 bits per heavy atom. The van der Waals surface area contributed by atoms with Crippen molar-refractivity contribution >= 4 is 23.9 Å². The number of esters is 3. The van der Waals surface area contributed by atoms with Crippen molar-refractivity contribution in [1.82, 2.24) is 0 Å². The Morgan fingerprint density at radius 1 is 0.955 bits per heavy atom. The van der Waals surface area contributed by atoms with Gasteiger partial charge in [0.15, 0.2) is 0 Å². The van der Waals surface area contributed by atoms with Crippen LogP contribution in [0.4, 0.5) is 0 Å². The minimum Gasteiger partial charge on any atom is -0.481 e. The van der Waals surface area contributed by atoms with Crippen LogP contribution in [0.15, 0.2) is 50.2 Å². The van der Waals surface area contributed by atoms with Crippen LogP contribution in [0, 0.1) is 0 Å². The molecule has 0 saturated carbocycles. The zero-order valence-electron chi connectivity index (χ0n) is 11.9. The quantitative estimate of drug-likeness (QED) is 0.325. The lowest BCUT2D eigenvalue weighted by Gasteiger charge is -2.01. The standard InChI is InChI=1S/C10H10O6.C4H6O2/c1-3-15-9(13)6-7(5-8(11)12)10(14)16-4-2;1-3-6-4(2)5/h3-4,6H,1-2,5H2,(H,11,12);3H,1H2,2H3/b7-6-;. The second-order valence-corrected chi connectivity index (χ2v) is 3.19. The highest BCUT2D eigenvalue weighted by Gasteiger charge is 2.16. The molecule has 0 aliphatic heterocycles. The second kappa shape index (κ2) is 12.9. The molecule has 0 rings (SSSR count). The highest BCUT2D eigenvalue weighted by atomic mass is 16.5. The summed E-state index contributed by atoms with van der Waals surface area (Å²) in [5.74, 6) is -3.49. The smallest absolute Gasteiger partial charge is 0.339 e. The molecule has 0 spiro atoms. The molecule has 0 atom stereocenters. The molecule has 0 bridgehead atoms. The van der Waals surface area contributed by atoms with Crippen LogP contribution in [0.25, 0.3) is 0 Å². The lowest BCUT2D eigenvalue weighted by molar-refractivity contribution is -0.140. The fraction of sp³-hybridized carbons (Fsp3) is 0.143. The summed E-state index contributed by atoms with van der Waals surface area (Å²) in [6.45, 7) is 10.7. The van der Waals surface area contributed by atoms with E-state index in [0.29, 0.717) is 0 Å². The molecule has 0 heterocycles. The fourth-order valence-corrected chi connectivity index (χ4v) is 0.872. The van der Waals surface area contributed by atoms with E-state index in [2.05, 4.69) is 33.9 Å². The third kappa shape index (κ3) is 13.3. The summed E-state index contributed by atoms with van der Waals surface area (Å²) in [5.41, 5.74) is -0.348. The summed E-state index contributed by atoms with van der Waals surface area (Å²) in [4.78, 5) is 42.3. The molecule has 8 heteroatoms. The topological polar surface area (TPSA) is 116 Å². The van der Waals surface area contributed by atoms with Crippen LogP contribution >= 0.6 is 0 Å². The van der Waals surface area contributed by atoms with Gasteiger partial charge < -0.3 is 19.3 Å². The summed E-state index contributed by atoms with van der Waals surface area (Å²) in [6.07, 6.45) is 2.86. The Labute approximate surface area is 127 Å². The number of carbonyl (C=O) groups excluding carboxylic acids is 3. The van der Waals surface area contributed by atoms with Crippen LogP contribution < -0.4 is 0 Å². The largest absolute Gasteiger partial charge is 0.481 e. The second-order valence-electron chi connectivity index (χ2n) is 3.19. The van der Waals surface area contributed by atoms with E-state index in [9.17, 15) is 19.2 Å². The first-order valence-electron chi connectivity index (χ1n) is 5.62. The van der Waals surface area contributed by atoms with Gasteiger partial charge in [-0.1, -0.05) is 19.7 Å². The van der Waals surface area contributed by atoms with Gasteiger partial charge in [0, 0.05) is 13.0 Å². The summed E-state index contributed by atoms with van der Waals surface area (Å²) in [7, 11) is 0. The number of hydrogen-bond acceptors (Lipinski definition) is 7. The van der Waals surface area contributed by atoms with E-state index >= 15 is 0 Å². The highest BCUT2D eigenvalue weighted by Crippen LogP contribution is 2.05. The number of hydrogen-bond donors (Lipinski definition) is 1. The molecule has 0 unspecified atom stereocenters. The number of ether oxygens (including phenoxy) is 3. The maximum Gasteiger partial charge on any atom is 0.339 e. The van der Waals surface area contributed by atoms with Crippen LogP contribution in [0.3, 0.4) is 0 Å². The third-order valence-electron chi connectivity index (χ3n) is 1.54. The monoisotopic (exact) mass is 312 g/mol. The molecule has 0 aromatic carbocycles. The minimum atomic E-state index is -1.28. The van der Waals surface area contributed by atoms with Crippen LogP contribution in [-0.4, -0.2) is 29.0 Å². The maximum atomic E-state index is 11.2. The molecule has 0 amide bonds. The van der Waals surface area contributed by atoms with Gasteiger partial charge in [-0.05, 0) is 0 Å². The van der Waals surface area contributed by atoms with E-state index in [1.54, 1.807) is 0 Å². The predicted octanol–water partition coefficient (Wildman–Crippen LogP) is 1.45. The molecule has 0 fully saturated rings. The van der Waals surface area contributed by atoms with Gasteiger partial charge in [0.05, 0.1) is 30.8 Å². The number of carboxylic acid groups (broad SMARTS) is 1. The van der Waals surface area contributed by atoms with Crippen molar-refractivity contribution in [2.45, 2.75) is 13.3 Å². The van der Waals surface area contributed by atoms with E-state index in [4.69, 9.17) is 5.11 Å². The average Bonchev–Trinajstić information content (AvgIpc) is 2.38. The van der Waals surface area contributed by atoms with Crippen LogP contribution in [0.5, 0.6) is 0 Å². The normalized spacial score (nSPS) is 9.23. The van der Waals surface area contributed by atoms with Gasteiger partial charge in [0.1, 0.15) is 0 Å². The van der Waals surface area contributed by atoms with E-state index < -0.39 is 24.3 Å². The van der Waals surface area contributed by atoms with Gasteiger partial charge in [0.2, 0.25) is 0 Å². The highest BCUT2D eigenvalue weighted by molar-refractivity contribution is 5.99. The Balaban J connectivity index is 0. The van der Waals surface area contributed by atoms with Gasteiger partial charge in [-0.25, -0.2) is 9.59 Å². The van der Waals surface area contributed by atoms with Gasteiger partial charge in [-0.2, -0.15) is 0 Å². The van der Waals surface area contributed by atoms with Crippen molar-refractivity contribution in [3.8, 4) is 0 Å². The molecule has 1 N–H and O–H groups in total. The first kappa shape index (κ1) is 21.1. The molecule has 8 nitrogen and oxygen atoms in total.